The zero-order chi connectivity index (χ0) is 13.8. The SMILES string of the molecule is Cc1nc(CC(C)C)c(C(=O)N[C@H]2CCCNC2)s1. The van der Waals surface area contributed by atoms with Crippen molar-refractivity contribution in [2.45, 2.75) is 46.1 Å². The van der Waals surface area contributed by atoms with Gasteiger partial charge in [-0.1, -0.05) is 13.8 Å². The number of carbonyl (C=O) groups excluding carboxylic acids is 1. The number of piperidine rings is 1. The largest absolute Gasteiger partial charge is 0.347 e. The van der Waals surface area contributed by atoms with E-state index >= 15 is 0 Å². The molecule has 2 heterocycles. The molecular weight excluding hydrogens is 258 g/mol. The van der Waals surface area contributed by atoms with Gasteiger partial charge >= 0.3 is 0 Å². The van der Waals surface area contributed by atoms with E-state index in [0.29, 0.717) is 5.92 Å². The minimum absolute atomic E-state index is 0.0509. The number of nitrogens with one attached hydrogen (secondary N) is 2. The summed E-state index contributed by atoms with van der Waals surface area (Å²) in [5.74, 6) is 0.569. The Balaban J connectivity index is 2.05. The Morgan fingerprint density at radius 3 is 3.00 bits per heavy atom. The first-order valence-electron chi connectivity index (χ1n) is 7.04. The zero-order valence-electron chi connectivity index (χ0n) is 12.0. The van der Waals surface area contributed by atoms with Crippen LogP contribution in [0.3, 0.4) is 0 Å². The average Bonchev–Trinajstić information content (AvgIpc) is 2.70. The van der Waals surface area contributed by atoms with Crippen LogP contribution in [0.1, 0.15) is 47.1 Å². The summed E-state index contributed by atoms with van der Waals surface area (Å²) in [5.41, 5.74) is 0.957. The minimum atomic E-state index is 0.0509. The van der Waals surface area contributed by atoms with Crippen LogP contribution in [0.2, 0.25) is 0 Å². The Labute approximate surface area is 119 Å². The van der Waals surface area contributed by atoms with Gasteiger partial charge in [0.1, 0.15) is 4.88 Å². The van der Waals surface area contributed by atoms with Gasteiger partial charge in [0.25, 0.3) is 5.91 Å². The maximum atomic E-state index is 12.4. The molecule has 0 bridgehead atoms. The smallest absolute Gasteiger partial charge is 0.263 e. The van der Waals surface area contributed by atoms with Gasteiger partial charge in [-0.3, -0.25) is 4.79 Å². The van der Waals surface area contributed by atoms with E-state index in [-0.39, 0.29) is 11.9 Å². The molecule has 0 aromatic carbocycles. The molecule has 2 N–H and O–H groups in total. The van der Waals surface area contributed by atoms with Crippen molar-refractivity contribution in [3.63, 3.8) is 0 Å². The van der Waals surface area contributed by atoms with E-state index in [1.165, 1.54) is 11.3 Å². The number of rotatable bonds is 4. The van der Waals surface area contributed by atoms with Gasteiger partial charge in [0.2, 0.25) is 0 Å². The van der Waals surface area contributed by atoms with Crippen molar-refractivity contribution in [3.8, 4) is 0 Å². The highest BCUT2D eigenvalue weighted by Gasteiger charge is 2.21. The Kier molecular flexibility index (Phi) is 4.93. The Bertz CT molecular complexity index is 436. The highest BCUT2D eigenvalue weighted by Crippen LogP contribution is 2.21. The number of thiazole rings is 1. The lowest BCUT2D eigenvalue weighted by Gasteiger charge is -2.23. The second-order valence-corrected chi connectivity index (χ2v) is 6.83. The van der Waals surface area contributed by atoms with Gasteiger partial charge in [-0.2, -0.15) is 0 Å². The van der Waals surface area contributed by atoms with E-state index in [4.69, 9.17) is 0 Å². The number of carbonyl (C=O) groups is 1. The van der Waals surface area contributed by atoms with Crippen LogP contribution in [0.4, 0.5) is 0 Å². The lowest BCUT2D eigenvalue weighted by molar-refractivity contribution is 0.0933. The highest BCUT2D eigenvalue weighted by atomic mass is 32.1. The van der Waals surface area contributed by atoms with Crippen LogP contribution < -0.4 is 10.6 Å². The van der Waals surface area contributed by atoms with Crippen molar-refractivity contribution in [2.75, 3.05) is 13.1 Å². The Hall–Kier alpha value is -0.940. The zero-order valence-corrected chi connectivity index (χ0v) is 12.8. The lowest BCUT2D eigenvalue weighted by Crippen LogP contribution is -2.45. The molecule has 1 amide bonds. The van der Waals surface area contributed by atoms with Gasteiger partial charge in [0.05, 0.1) is 10.7 Å². The molecule has 1 aromatic heterocycles. The molecule has 0 saturated carbocycles. The second kappa shape index (κ2) is 6.48. The maximum Gasteiger partial charge on any atom is 0.263 e. The molecule has 0 aliphatic carbocycles. The number of nitrogens with zero attached hydrogens (tertiary/aromatic N) is 1. The summed E-state index contributed by atoms with van der Waals surface area (Å²) < 4.78 is 0. The highest BCUT2D eigenvalue weighted by molar-refractivity contribution is 7.13. The van der Waals surface area contributed by atoms with Crippen molar-refractivity contribution < 1.29 is 4.79 Å². The predicted molar refractivity (Wildman–Crippen MR) is 78.8 cm³/mol. The van der Waals surface area contributed by atoms with Gasteiger partial charge in [0.15, 0.2) is 0 Å². The summed E-state index contributed by atoms with van der Waals surface area (Å²) in [4.78, 5) is 17.7. The van der Waals surface area contributed by atoms with Gasteiger partial charge < -0.3 is 10.6 Å². The number of aryl methyl sites for hydroxylation is 1. The molecule has 1 aliphatic rings. The maximum absolute atomic E-state index is 12.4. The summed E-state index contributed by atoms with van der Waals surface area (Å²) >= 11 is 1.51. The van der Waals surface area contributed by atoms with E-state index in [1.54, 1.807) is 0 Å². The van der Waals surface area contributed by atoms with E-state index in [2.05, 4.69) is 29.5 Å². The molecule has 1 fully saturated rings. The molecule has 106 valence electrons. The summed E-state index contributed by atoms with van der Waals surface area (Å²) in [7, 11) is 0. The molecular formula is C14H23N3OS. The van der Waals surface area contributed by atoms with Crippen LogP contribution in [-0.2, 0) is 6.42 Å². The Morgan fingerprint density at radius 2 is 2.37 bits per heavy atom. The summed E-state index contributed by atoms with van der Waals surface area (Å²) in [5, 5.41) is 7.42. The van der Waals surface area contributed by atoms with E-state index in [1.807, 2.05) is 6.92 Å². The summed E-state index contributed by atoms with van der Waals surface area (Å²) in [6.45, 7) is 8.21. The van der Waals surface area contributed by atoms with Crippen LogP contribution in [0, 0.1) is 12.8 Å². The topological polar surface area (TPSA) is 54.0 Å². The molecule has 2 rings (SSSR count). The van der Waals surface area contributed by atoms with Crippen LogP contribution in [-0.4, -0.2) is 30.0 Å². The fraction of sp³-hybridized carbons (Fsp3) is 0.714. The van der Waals surface area contributed by atoms with Crippen LogP contribution in [0.15, 0.2) is 0 Å². The number of hydrogen-bond acceptors (Lipinski definition) is 4. The van der Waals surface area contributed by atoms with E-state index in [0.717, 1.165) is 47.9 Å². The molecule has 0 radical (unpaired) electrons. The van der Waals surface area contributed by atoms with Gasteiger partial charge in [0, 0.05) is 12.6 Å². The fourth-order valence-corrected chi connectivity index (χ4v) is 3.25. The van der Waals surface area contributed by atoms with Crippen molar-refractivity contribution >= 4 is 17.2 Å². The van der Waals surface area contributed by atoms with Crippen LogP contribution >= 0.6 is 11.3 Å². The molecule has 0 spiro atoms. The van der Waals surface area contributed by atoms with E-state index in [9.17, 15) is 4.79 Å². The number of amides is 1. The molecule has 5 heteroatoms. The quantitative estimate of drug-likeness (QED) is 0.889. The van der Waals surface area contributed by atoms with Crippen LogP contribution in [0.25, 0.3) is 0 Å². The first kappa shape index (κ1) is 14.5. The van der Waals surface area contributed by atoms with Gasteiger partial charge in [-0.15, -0.1) is 11.3 Å². The Morgan fingerprint density at radius 1 is 1.58 bits per heavy atom. The fourth-order valence-electron chi connectivity index (χ4n) is 2.40. The summed E-state index contributed by atoms with van der Waals surface area (Å²) in [6.07, 6.45) is 3.07. The average molecular weight is 281 g/mol. The molecule has 0 unspecified atom stereocenters. The first-order valence-corrected chi connectivity index (χ1v) is 7.85. The van der Waals surface area contributed by atoms with Gasteiger partial charge in [-0.05, 0) is 38.6 Å². The molecule has 4 nitrogen and oxygen atoms in total. The van der Waals surface area contributed by atoms with Crippen molar-refractivity contribution in [1.82, 2.24) is 15.6 Å². The molecule has 1 aromatic rings. The normalized spacial score (nSPS) is 19.7. The first-order chi connectivity index (χ1) is 9.06. The molecule has 1 atom stereocenters. The third-order valence-corrected chi connectivity index (χ3v) is 4.26. The number of aromatic nitrogens is 1. The minimum Gasteiger partial charge on any atom is -0.347 e. The number of hydrogen-bond donors (Lipinski definition) is 2. The van der Waals surface area contributed by atoms with Crippen molar-refractivity contribution in [1.29, 1.82) is 0 Å². The standard InChI is InChI=1S/C14H23N3OS/c1-9(2)7-12-13(19-10(3)16-12)14(18)17-11-5-4-6-15-8-11/h9,11,15H,4-8H2,1-3H3,(H,17,18)/t11-/m0/s1. The third-order valence-electron chi connectivity index (χ3n) is 3.24. The second-order valence-electron chi connectivity index (χ2n) is 5.62. The van der Waals surface area contributed by atoms with Crippen molar-refractivity contribution in [3.05, 3.63) is 15.6 Å². The monoisotopic (exact) mass is 281 g/mol. The van der Waals surface area contributed by atoms with E-state index < -0.39 is 0 Å². The molecule has 1 aliphatic heterocycles. The van der Waals surface area contributed by atoms with Crippen LogP contribution in [0.5, 0.6) is 0 Å². The lowest BCUT2D eigenvalue weighted by atomic mass is 10.1. The predicted octanol–water partition coefficient (Wildman–Crippen LogP) is 2.13. The molecule has 19 heavy (non-hydrogen) atoms. The van der Waals surface area contributed by atoms with Gasteiger partial charge in [-0.25, -0.2) is 4.98 Å². The van der Waals surface area contributed by atoms with Crippen molar-refractivity contribution in [2.24, 2.45) is 5.92 Å². The summed E-state index contributed by atoms with van der Waals surface area (Å²) in [6, 6.07) is 0.260. The molecule has 1 saturated heterocycles. The third kappa shape index (κ3) is 4.01.